The van der Waals surface area contributed by atoms with Gasteiger partial charge in [-0.05, 0) is 50.7 Å². The number of nitrogens with two attached hydrogens (primary N) is 1. The summed E-state index contributed by atoms with van der Waals surface area (Å²) in [5, 5.41) is 1.12. The molecule has 2 saturated carbocycles. The van der Waals surface area contributed by atoms with Crippen molar-refractivity contribution in [1.29, 1.82) is 0 Å². The molecule has 0 unspecified atom stereocenters. The average Bonchev–Trinajstić information content (AvgIpc) is 3.22. The van der Waals surface area contributed by atoms with Gasteiger partial charge in [0.15, 0.2) is 0 Å². The molecule has 0 bridgehead atoms. The molecule has 1 heterocycles. The molecule has 3 nitrogen and oxygen atoms in total. The standard InChI is InChI=1S/C15H19N3S/c1-9-17-13-7-14(12(16)6-15(13)19-9)18(11-4-5-11)8-10-2-3-10/h6-7,10-11H,2-5,8,16H2,1H3. The minimum absolute atomic E-state index is 0.722. The van der Waals surface area contributed by atoms with Crippen LogP contribution in [0.3, 0.4) is 0 Å². The summed E-state index contributed by atoms with van der Waals surface area (Å²) in [5.74, 6) is 0.896. The Hall–Kier alpha value is -1.29. The van der Waals surface area contributed by atoms with E-state index in [0.29, 0.717) is 0 Å². The van der Waals surface area contributed by atoms with Crippen LogP contribution < -0.4 is 10.6 Å². The van der Waals surface area contributed by atoms with Crippen molar-refractivity contribution in [1.82, 2.24) is 4.98 Å². The fraction of sp³-hybridized carbons (Fsp3) is 0.533. The van der Waals surface area contributed by atoms with Crippen molar-refractivity contribution in [2.75, 3.05) is 17.2 Å². The summed E-state index contributed by atoms with van der Waals surface area (Å²) in [7, 11) is 0. The number of nitrogen functional groups attached to an aromatic ring is 1. The highest BCUT2D eigenvalue weighted by Gasteiger charge is 2.34. The molecular weight excluding hydrogens is 254 g/mol. The van der Waals surface area contributed by atoms with Crippen LogP contribution in [0.4, 0.5) is 11.4 Å². The lowest BCUT2D eigenvalue weighted by Gasteiger charge is -2.26. The SMILES string of the molecule is Cc1nc2cc(N(CC3CC3)C3CC3)c(N)cc2s1. The van der Waals surface area contributed by atoms with E-state index in [0.717, 1.165) is 28.2 Å². The molecule has 0 amide bonds. The van der Waals surface area contributed by atoms with Crippen LogP contribution in [0.15, 0.2) is 12.1 Å². The topological polar surface area (TPSA) is 42.2 Å². The first-order valence-corrected chi connectivity index (χ1v) is 7.95. The number of fused-ring (bicyclic) bond motifs is 1. The van der Waals surface area contributed by atoms with Crippen molar-refractivity contribution in [2.24, 2.45) is 5.92 Å². The summed E-state index contributed by atoms with van der Waals surface area (Å²) in [4.78, 5) is 7.15. The van der Waals surface area contributed by atoms with Gasteiger partial charge < -0.3 is 10.6 Å². The van der Waals surface area contributed by atoms with Crippen LogP contribution in [-0.2, 0) is 0 Å². The average molecular weight is 273 g/mol. The van der Waals surface area contributed by atoms with Crippen LogP contribution in [0, 0.1) is 12.8 Å². The van der Waals surface area contributed by atoms with Crippen molar-refractivity contribution in [3.8, 4) is 0 Å². The highest BCUT2D eigenvalue weighted by molar-refractivity contribution is 7.18. The van der Waals surface area contributed by atoms with E-state index in [1.807, 2.05) is 0 Å². The normalized spacial score (nSPS) is 19.0. The number of hydrogen-bond acceptors (Lipinski definition) is 4. The van der Waals surface area contributed by atoms with E-state index in [1.54, 1.807) is 11.3 Å². The number of benzene rings is 1. The molecule has 0 saturated heterocycles. The molecule has 0 radical (unpaired) electrons. The Bertz CT molecular complexity index is 626. The molecule has 1 aromatic heterocycles. The highest BCUT2D eigenvalue weighted by atomic mass is 32.1. The molecule has 2 N–H and O–H groups in total. The van der Waals surface area contributed by atoms with Crippen LogP contribution >= 0.6 is 11.3 Å². The largest absolute Gasteiger partial charge is 0.397 e. The van der Waals surface area contributed by atoms with Crippen LogP contribution in [0.25, 0.3) is 10.2 Å². The first kappa shape index (κ1) is 11.5. The van der Waals surface area contributed by atoms with Gasteiger partial charge in [-0.25, -0.2) is 4.98 Å². The van der Waals surface area contributed by atoms with Gasteiger partial charge in [-0.2, -0.15) is 0 Å². The summed E-state index contributed by atoms with van der Waals surface area (Å²) in [6.45, 7) is 3.24. The third-order valence-electron chi connectivity index (χ3n) is 4.09. The van der Waals surface area contributed by atoms with Gasteiger partial charge in [0.25, 0.3) is 0 Å². The van der Waals surface area contributed by atoms with E-state index < -0.39 is 0 Å². The van der Waals surface area contributed by atoms with E-state index in [-0.39, 0.29) is 0 Å². The molecule has 2 aliphatic carbocycles. The maximum absolute atomic E-state index is 6.30. The van der Waals surface area contributed by atoms with Gasteiger partial charge in [-0.15, -0.1) is 11.3 Å². The second-order valence-electron chi connectivity index (χ2n) is 5.94. The maximum atomic E-state index is 6.30. The first-order chi connectivity index (χ1) is 9.20. The lowest BCUT2D eigenvalue weighted by Crippen LogP contribution is -2.28. The quantitative estimate of drug-likeness (QED) is 0.866. The van der Waals surface area contributed by atoms with Crippen LogP contribution in [-0.4, -0.2) is 17.6 Å². The first-order valence-electron chi connectivity index (χ1n) is 7.14. The Morgan fingerprint density at radius 1 is 1.32 bits per heavy atom. The highest BCUT2D eigenvalue weighted by Crippen LogP contribution is 2.41. The van der Waals surface area contributed by atoms with Crippen LogP contribution in [0.5, 0.6) is 0 Å². The smallest absolute Gasteiger partial charge is 0.0907 e. The van der Waals surface area contributed by atoms with E-state index in [1.165, 1.54) is 42.6 Å². The number of thiazole rings is 1. The molecule has 0 spiro atoms. The van der Waals surface area contributed by atoms with E-state index in [4.69, 9.17) is 5.73 Å². The van der Waals surface area contributed by atoms with Gasteiger partial charge in [0.05, 0.1) is 26.6 Å². The lowest BCUT2D eigenvalue weighted by atomic mass is 10.2. The Labute approximate surface area is 117 Å². The van der Waals surface area contributed by atoms with Crippen molar-refractivity contribution in [3.63, 3.8) is 0 Å². The molecule has 1 aromatic carbocycles. The molecule has 100 valence electrons. The fourth-order valence-electron chi connectivity index (χ4n) is 2.75. The molecule has 2 aromatic rings. The van der Waals surface area contributed by atoms with Gasteiger partial charge in [-0.1, -0.05) is 0 Å². The van der Waals surface area contributed by atoms with E-state index in [2.05, 4.69) is 28.9 Å². The molecular formula is C15H19N3S. The zero-order chi connectivity index (χ0) is 13.0. The summed E-state index contributed by atoms with van der Waals surface area (Å²) >= 11 is 1.73. The van der Waals surface area contributed by atoms with Crippen molar-refractivity contribution < 1.29 is 0 Å². The van der Waals surface area contributed by atoms with E-state index >= 15 is 0 Å². The molecule has 4 heteroatoms. The monoisotopic (exact) mass is 273 g/mol. The van der Waals surface area contributed by atoms with Crippen molar-refractivity contribution in [3.05, 3.63) is 17.1 Å². The summed E-state index contributed by atoms with van der Waals surface area (Å²) < 4.78 is 1.21. The Kier molecular flexibility index (Phi) is 2.49. The number of hydrogen-bond donors (Lipinski definition) is 1. The molecule has 2 fully saturated rings. The predicted molar refractivity (Wildman–Crippen MR) is 81.9 cm³/mol. The molecule has 2 aliphatic rings. The Balaban J connectivity index is 1.75. The van der Waals surface area contributed by atoms with Gasteiger partial charge in [0.2, 0.25) is 0 Å². The fourth-order valence-corrected chi connectivity index (χ4v) is 3.61. The zero-order valence-electron chi connectivity index (χ0n) is 11.2. The summed E-state index contributed by atoms with van der Waals surface area (Å²) in [6, 6.07) is 5.03. The third kappa shape index (κ3) is 2.18. The number of nitrogens with zero attached hydrogens (tertiary/aromatic N) is 2. The van der Waals surface area contributed by atoms with Crippen molar-refractivity contribution >= 4 is 32.9 Å². The molecule has 19 heavy (non-hydrogen) atoms. The second-order valence-corrected chi connectivity index (χ2v) is 7.17. The second kappa shape index (κ2) is 4.10. The Morgan fingerprint density at radius 3 is 2.79 bits per heavy atom. The summed E-state index contributed by atoms with van der Waals surface area (Å²) in [5.41, 5.74) is 9.54. The van der Waals surface area contributed by atoms with Crippen LogP contribution in [0.2, 0.25) is 0 Å². The lowest BCUT2D eigenvalue weighted by molar-refractivity contribution is 0.720. The predicted octanol–water partition coefficient (Wildman–Crippen LogP) is 3.57. The van der Waals surface area contributed by atoms with E-state index in [9.17, 15) is 0 Å². The molecule has 0 atom stereocenters. The van der Waals surface area contributed by atoms with Crippen LogP contribution in [0.1, 0.15) is 30.7 Å². The summed E-state index contributed by atoms with van der Waals surface area (Å²) in [6.07, 6.45) is 5.42. The number of aromatic nitrogens is 1. The van der Waals surface area contributed by atoms with Crippen molar-refractivity contribution in [2.45, 2.75) is 38.6 Å². The maximum Gasteiger partial charge on any atom is 0.0907 e. The number of aryl methyl sites for hydroxylation is 1. The minimum Gasteiger partial charge on any atom is -0.397 e. The Morgan fingerprint density at radius 2 is 2.11 bits per heavy atom. The minimum atomic E-state index is 0.722. The molecule has 0 aliphatic heterocycles. The number of anilines is 2. The molecule has 4 rings (SSSR count). The van der Waals surface area contributed by atoms with Gasteiger partial charge in [0.1, 0.15) is 0 Å². The third-order valence-corrected chi connectivity index (χ3v) is 5.03. The van der Waals surface area contributed by atoms with Gasteiger partial charge >= 0.3 is 0 Å². The van der Waals surface area contributed by atoms with Gasteiger partial charge in [-0.3, -0.25) is 0 Å². The zero-order valence-corrected chi connectivity index (χ0v) is 12.0. The van der Waals surface area contributed by atoms with Gasteiger partial charge in [0, 0.05) is 12.6 Å². The number of rotatable bonds is 4.